The molecule has 4 nitrogen and oxygen atoms in total. The van der Waals surface area contributed by atoms with Gasteiger partial charge in [-0.3, -0.25) is 9.59 Å². The molecule has 96 valence electrons. The fraction of sp³-hybridized carbons (Fsp3) is 0.846. The molecular formula is C13H22N2O2. The van der Waals surface area contributed by atoms with E-state index in [1.165, 1.54) is 0 Å². The second-order valence-electron chi connectivity index (χ2n) is 5.58. The van der Waals surface area contributed by atoms with Crippen LogP contribution < -0.4 is 5.32 Å². The molecule has 17 heavy (non-hydrogen) atoms. The summed E-state index contributed by atoms with van der Waals surface area (Å²) in [6.45, 7) is 5.97. The van der Waals surface area contributed by atoms with Crippen molar-refractivity contribution in [2.24, 2.45) is 0 Å². The average molecular weight is 238 g/mol. The van der Waals surface area contributed by atoms with Crippen molar-refractivity contribution in [1.82, 2.24) is 10.2 Å². The van der Waals surface area contributed by atoms with Gasteiger partial charge in [0.05, 0.1) is 0 Å². The summed E-state index contributed by atoms with van der Waals surface area (Å²) >= 11 is 0. The van der Waals surface area contributed by atoms with Crippen molar-refractivity contribution in [2.75, 3.05) is 0 Å². The maximum Gasteiger partial charge on any atom is 0.246 e. The molecule has 2 rings (SSSR count). The zero-order valence-electron chi connectivity index (χ0n) is 11.0. The summed E-state index contributed by atoms with van der Waals surface area (Å²) < 4.78 is 0. The molecule has 2 aliphatic rings. The van der Waals surface area contributed by atoms with E-state index in [0.29, 0.717) is 0 Å². The predicted molar refractivity (Wildman–Crippen MR) is 65.4 cm³/mol. The Bertz CT molecular complexity index is 336. The zero-order chi connectivity index (χ0) is 12.6. The molecule has 1 N–H and O–H groups in total. The van der Waals surface area contributed by atoms with Crippen LogP contribution in [-0.2, 0) is 9.59 Å². The van der Waals surface area contributed by atoms with E-state index in [0.717, 1.165) is 32.1 Å². The van der Waals surface area contributed by atoms with Crippen LogP contribution in [0.2, 0.25) is 0 Å². The lowest BCUT2D eigenvalue weighted by atomic mass is 9.75. The number of rotatable bonds is 3. The van der Waals surface area contributed by atoms with Crippen molar-refractivity contribution in [3.05, 3.63) is 0 Å². The Kier molecular flexibility index (Phi) is 3.15. The van der Waals surface area contributed by atoms with Gasteiger partial charge in [-0.05, 0) is 39.5 Å². The lowest BCUT2D eigenvalue weighted by Gasteiger charge is -2.53. The predicted octanol–water partition coefficient (Wildman–Crippen LogP) is 1.44. The van der Waals surface area contributed by atoms with Gasteiger partial charge < -0.3 is 10.2 Å². The molecule has 0 aromatic carbocycles. The second kappa shape index (κ2) is 4.31. The highest BCUT2D eigenvalue weighted by Gasteiger charge is 2.49. The van der Waals surface area contributed by atoms with Crippen LogP contribution in [0.1, 0.15) is 52.9 Å². The first-order chi connectivity index (χ1) is 7.99. The van der Waals surface area contributed by atoms with E-state index in [1.54, 1.807) is 0 Å². The first-order valence-corrected chi connectivity index (χ1v) is 6.63. The van der Waals surface area contributed by atoms with Gasteiger partial charge in [0.1, 0.15) is 12.1 Å². The van der Waals surface area contributed by atoms with Crippen LogP contribution >= 0.6 is 0 Å². The van der Waals surface area contributed by atoms with Crippen LogP contribution in [0.3, 0.4) is 0 Å². The van der Waals surface area contributed by atoms with Crippen LogP contribution in [0.4, 0.5) is 0 Å². The number of nitrogens with zero attached hydrogens (tertiary/aromatic N) is 1. The molecule has 2 fully saturated rings. The Morgan fingerprint density at radius 2 is 2.06 bits per heavy atom. The number of nitrogens with one attached hydrogen (secondary N) is 1. The Hall–Kier alpha value is -1.06. The zero-order valence-corrected chi connectivity index (χ0v) is 11.0. The first-order valence-electron chi connectivity index (χ1n) is 6.63. The first kappa shape index (κ1) is 12.4. The standard InChI is InChI=1S/C13H22N2O2/c1-4-6-10-12(17)15(9(2)11(16)14-10)13(3)7-5-8-13/h9-10H,4-8H2,1-3H3,(H,14,16). The molecule has 0 aromatic heterocycles. The van der Waals surface area contributed by atoms with E-state index in [4.69, 9.17) is 0 Å². The molecule has 2 atom stereocenters. The number of hydrogen-bond donors (Lipinski definition) is 1. The molecule has 0 aromatic rings. The van der Waals surface area contributed by atoms with E-state index >= 15 is 0 Å². The average Bonchev–Trinajstić information content (AvgIpc) is 2.24. The molecule has 0 bridgehead atoms. The van der Waals surface area contributed by atoms with E-state index in [-0.39, 0.29) is 29.4 Å². The van der Waals surface area contributed by atoms with Crippen molar-refractivity contribution < 1.29 is 9.59 Å². The van der Waals surface area contributed by atoms with E-state index in [9.17, 15) is 9.59 Å². The molecule has 1 saturated carbocycles. The Balaban J connectivity index is 2.21. The van der Waals surface area contributed by atoms with Gasteiger partial charge in [0.2, 0.25) is 11.8 Å². The molecule has 2 amide bonds. The van der Waals surface area contributed by atoms with Crippen LogP contribution in [0.15, 0.2) is 0 Å². The van der Waals surface area contributed by atoms with Crippen molar-refractivity contribution in [1.29, 1.82) is 0 Å². The Labute approximate surface area is 103 Å². The Morgan fingerprint density at radius 1 is 1.41 bits per heavy atom. The summed E-state index contributed by atoms with van der Waals surface area (Å²) in [6.07, 6.45) is 4.86. The van der Waals surface area contributed by atoms with Crippen LogP contribution in [0.25, 0.3) is 0 Å². The molecule has 0 spiro atoms. The highest BCUT2D eigenvalue weighted by Crippen LogP contribution is 2.39. The molecular weight excluding hydrogens is 216 g/mol. The minimum Gasteiger partial charge on any atom is -0.343 e. The third-order valence-corrected chi connectivity index (χ3v) is 4.21. The summed E-state index contributed by atoms with van der Waals surface area (Å²) in [5.41, 5.74) is -0.0831. The molecule has 1 saturated heterocycles. The maximum absolute atomic E-state index is 12.4. The summed E-state index contributed by atoms with van der Waals surface area (Å²) in [6, 6.07) is -0.623. The van der Waals surface area contributed by atoms with Crippen LogP contribution in [0, 0.1) is 0 Å². The van der Waals surface area contributed by atoms with Gasteiger partial charge in [0.15, 0.2) is 0 Å². The largest absolute Gasteiger partial charge is 0.343 e. The fourth-order valence-electron chi connectivity index (χ4n) is 2.98. The van der Waals surface area contributed by atoms with Gasteiger partial charge in [0, 0.05) is 5.54 Å². The van der Waals surface area contributed by atoms with Crippen LogP contribution in [0.5, 0.6) is 0 Å². The number of piperazine rings is 1. The number of carbonyl (C=O) groups is 2. The third-order valence-electron chi connectivity index (χ3n) is 4.21. The fourth-order valence-corrected chi connectivity index (χ4v) is 2.98. The summed E-state index contributed by atoms with van der Waals surface area (Å²) in [4.78, 5) is 26.2. The highest BCUT2D eigenvalue weighted by atomic mass is 16.2. The monoisotopic (exact) mass is 238 g/mol. The number of hydrogen-bond acceptors (Lipinski definition) is 2. The summed E-state index contributed by atoms with van der Waals surface area (Å²) in [5.74, 6) is 0.109. The summed E-state index contributed by atoms with van der Waals surface area (Å²) in [7, 11) is 0. The quantitative estimate of drug-likeness (QED) is 0.809. The SMILES string of the molecule is CCCC1NC(=O)C(C)N(C2(C)CCC2)C1=O. The topological polar surface area (TPSA) is 49.4 Å². The van der Waals surface area contributed by atoms with Gasteiger partial charge >= 0.3 is 0 Å². The molecule has 1 aliphatic heterocycles. The summed E-state index contributed by atoms with van der Waals surface area (Å²) in [5, 5.41) is 2.84. The molecule has 1 heterocycles. The van der Waals surface area contributed by atoms with Crippen LogP contribution in [-0.4, -0.2) is 34.3 Å². The molecule has 2 unspecified atom stereocenters. The highest BCUT2D eigenvalue weighted by molar-refractivity contribution is 5.97. The Morgan fingerprint density at radius 3 is 2.53 bits per heavy atom. The van der Waals surface area contributed by atoms with Gasteiger partial charge in [-0.25, -0.2) is 0 Å². The number of carbonyl (C=O) groups excluding carboxylic acids is 2. The lowest BCUT2D eigenvalue weighted by molar-refractivity contribution is -0.159. The van der Waals surface area contributed by atoms with Gasteiger partial charge in [0.25, 0.3) is 0 Å². The van der Waals surface area contributed by atoms with E-state index in [1.807, 2.05) is 18.7 Å². The normalized spacial score (nSPS) is 32.1. The molecule has 0 radical (unpaired) electrons. The van der Waals surface area contributed by atoms with E-state index < -0.39 is 0 Å². The van der Waals surface area contributed by atoms with Gasteiger partial charge in [-0.1, -0.05) is 13.3 Å². The van der Waals surface area contributed by atoms with Crippen molar-refractivity contribution in [3.63, 3.8) is 0 Å². The number of amides is 2. The maximum atomic E-state index is 12.4. The van der Waals surface area contributed by atoms with Crippen molar-refractivity contribution >= 4 is 11.8 Å². The minimum atomic E-state index is -0.319. The van der Waals surface area contributed by atoms with Crippen molar-refractivity contribution in [2.45, 2.75) is 70.5 Å². The van der Waals surface area contributed by atoms with Crippen molar-refractivity contribution in [3.8, 4) is 0 Å². The lowest BCUT2D eigenvalue weighted by Crippen LogP contribution is -2.69. The minimum absolute atomic E-state index is 0.00354. The smallest absolute Gasteiger partial charge is 0.246 e. The van der Waals surface area contributed by atoms with E-state index in [2.05, 4.69) is 12.2 Å². The molecule has 4 heteroatoms. The third kappa shape index (κ3) is 1.94. The van der Waals surface area contributed by atoms with Gasteiger partial charge in [-0.2, -0.15) is 0 Å². The molecule has 1 aliphatic carbocycles. The second-order valence-corrected chi connectivity index (χ2v) is 5.58. The van der Waals surface area contributed by atoms with Gasteiger partial charge in [-0.15, -0.1) is 0 Å².